The molecule has 5 aromatic rings. The number of hydroxylamine groups is 2. The third-order valence-electron chi connectivity index (χ3n) is 15.2. The number of hydrogen-bond donors (Lipinski definition) is 1. The number of aryl methyl sites for hydroxylation is 2. The number of imide groups is 1. The van der Waals surface area contributed by atoms with Gasteiger partial charge in [0.15, 0.2) is 16.7 Å². The normalized spacial score (nSPS) is 17.4. The number of carbonyl (C=O) groups is 5. The first-order valence-corrected chi connectivity index (χ1v) is 31.9. The van der Waals surface area contributed by atoms with E-state index in [1.165, 1.54) is 21.6 Å². The summed E-state index contributed by atoms with van der Waals surface area (Å²) < 4.78 is 65.2. The van der Waals surface area contributed by atoms with E-state index in [-0.39, 0.29) is 67.2 Å². The van der Waals surface area contributed by atoms with E-state index in [1.54, 1.807) is 19.2 Å². The van der Waals surface area contributed by atoms with Gasteiger partial charge in [0.25, 0.3) is 33.7 Å². The fourth-order valence-corrected chi connectivity index (χ4v) is 14.6. The third kappa shape index (κ3) is 13.6. The Morgan fingerprint density at radius 2 is 1.44 bits per heavy atom. The maximum atomic E-state index is 14.3. The summed E-state index contributed by atoms with van der Waals surface area (Å²) in [5.74, 6) is -1.77. The minimum Gasteiger partial charge on any atom is -0.493 e. The number of anilines is 3. The van der Waals surface area contributed by atoms with Crippen LogP contribution in [-0.2, 0) is 71.3 Å². The minimum absolute atomic E-state index is 0.00784. The molecule has 0 aliphatic carbocycles. The van der Waals surface area contributed by atoms with Gasteiger partial charge in [-0.25, -0.2) is 4.79 Å². The highest BCUT2D eigenvalue weighted by Crippen LogP contribution is 2.43. The summed E-state index contributed by atoms with van der Waals surface area (Å²) in [5.41, 5.74) is 9.03. The first-order chi connectivity index (χ1) is 40.4. The molecule has 4 amide bonds. The SMILES string of the molecule is CCCOCCOCCN(CC(C)(C)SSCCC(C(=O)ON1C(=O)CCC1=O)S(=O)(=O)O)c1cc(COc2cc3c(cc2C)C(=O)N2c4ccccc4C[C@H]2C=N3)nc(COc2cc3c(cc2OC)C(=O)N2c4ccccc4C[C@H]2CC3)c1. The molecule has 1 N–H and O–H groups in total. The molecule has 10 rings (SSSR count). The van der Waals surface area contributed by atoms with Gasteiger partial charge in [0.2, 0.25) is 0 Å². The molecule has 1 saturated heterocycles. The number of methoxy groups -OCH3 is 1. The Hall–Kier alpha value is -7.02. The predicted molar refractivity (Wildman–Crippen MR) is 320 cm³/mol. The van der Waals surface area contributed by atoms with E-state index in [0.29, 0.717) is 97.8 Å². The molecular weight excluding hydrogens is 1140 g/mol. The second kappa shape index (κ2) is 26.1. The molecule has 6 heterocycles. The number of pyridine rings is 1. The molecule has 0 saturated carbocycles. The number of hydrogen-bond acceptors (Lipinski definition) is 18. The topological polar surface area (TPSA) is 233 Å². The van der Waals surface area contributed by atoms with E-state index in [4.69, 9.17) is 38.5 Å². The molecule has 1 aromatic heterocycles. The van der Waals surface area contributed by atoms with E-state index >= 15 is 0 Å². The lowest BCUT2D eigenvalue weighted by Crippen LogP contribution is -2.40. The number of aliphatic imine (C=N–C) groups is 1. The summed E-state index contributed by atoms with van der Waals surface area (Å²) in [4.78, 5) is 86.4. The van der Waals surface area contributed by atoms with Crippen LogP contribution in [0.15, 0.2) is 89.9 Å². The molecular formula is C61H68N6O14S3. The smallest absolute Gasteiger partial charge is 0.353 e. The monoisotopic (exact) mass is 1200 g/mol. The number of fused-ring (bicyclic) bond motifs is 8. The van der Waals surface area contributed by atoms with Gasteiger partial charge in [-0.05, 0) is 118 Å². The van der Waals surface area contributed by atoms with Crippen molar-refractivity contribution in [2.75, 3.05) is 67.1 Å². The first-order valence-electron chi connectivity index (χ1n) is 28.1. The van der Waals surface area contributed by atoms with Crippen LogP contribution in [0, 0.1) is 6.92 Å². The van der Waals surface area contributed by atoms with Crippen LogP contribution < -0.4 is 28.9 Å². The van der Waals surface area contributed by atoms with Gasteiger partial charge < -0.3 is 38.3 Å². The summed E-state index contributed by atoms with van der Waals surface area (Å²) in [6.45, 7) is 10.5. The molecule has 0 bridgehead atoms. The molecule has 20 nitrogen and oxygen atoms in total. The Kier molecular flexibility index (Phi) is 18.7. The number of ether oxygens (including phenoxy) is 5. The van der Waals surface area contributed by atoms with Gasteiger partial charge in [-0.2, -0.15) is 8.42 Å². The highest BCUT2D eigenvalue weighted by molar-refractivity contribution is 8.77. The minimum atomic E-state index is -4.98. The molecule has 3 atom stereocenters. The van der Waals surface area contributed by atoms with E-state index in [1.807, 2.05) is 110 Å². The highest BCUT2D eigenvalue weighted by Gasteiger charge is 2.41. The average Bonchev–Trinajstić information content (AvgIpc) is 2.41. The third-order valence-corrected chi connectivity index (χ3v) is 19.6. The zero-order valence-corrected chi connectivity index (χ0v) is 50.0. The Morgan fingerprint density at radius 1 is 0.786 bits per heavy atom. The fraction of sp³-hybridized carbons (Fsp3) is 0.426. The number of aromatic nitrogens is 1. The summed E-state index contributed by atoms with van der Waals surface area (Å²) >= 11 is 0. The second-order valence-corrected chi connectivity index (χ2v) is 26.6. The molecule has 5 aliphatic rings. The highest BCUT2D eigenvalue weighted by atomic mass is 33.1. The molecule has 84 heavy (non-hydrogen) atoms. The molecule has 1 fully saturated rings. The van der Waals surface area contributed by atoms with Gasteiger partial charge in [-0.3, -0.25) is 38.6 Å². The van der Waals surface area contributed by atoms with E-state index in [2.05, 4.69) is 11.0 Å². The van der Waals surface area contributed by atoms with Crippen LogP contribution in [0.1, 0.15) is 107 Å². The molecule has 5 aliphatic heterocycles. The van der Waals surface area contributed by atoms with Crippen molar-refractivity contribution >= 4 is 90.3 Å². The Labute approximate surface area is 496 Å². The molecule has 0 radical (unpaired) electrons. The number of para-hydroxylation sites is 2. The number of benzene rings is 4. The number of nitrogens with zero attached hydrogens (tertiary/aromatic N) is 6. The Bertz CT molecular complexity index is 3470. The van der Waals surface area contributed by atoms with Gasteiger partial charge in [-0.1, -0.05) is 64.9 Å². The van der Waals surface area contributed by atoms with E-state index in [0.717, 1.165) is 58.6 Å². The summed E-state index contributed by atoms with van der Waals surface area (Å²) in [6.07, 6.45) is 4.86. The van der Waals surface area contributed by atoms with Crippen LogP contribution in [0.4, 0.5) is 22.7 Å². The van der Waals surface area contributed by atoms with Crippen LogP contribution in [0.3, 0.4) is 0 Å². The van der Waals surface area contributed by atoms with Crippen molar-refractivity contribution < 1.29 is 65.5 Å². The molecule has 0 spiro atoms. The zero-order chi connectivity index (χ0) is 59.3. The van der Waals surface area contributed by atoms with Crippen LogP contribution in [0.5, 0.6) is 17.2 Å². The van der Waals surface area contributed by atoms with Crippen molar-refractivity contribution in [1.29, 1.82) is 0 Å². The Balaban J connectivity index is 0.915. The summed E-state index contributed by atoms with van der Waals surface area (Å²) in [5, 5.41) is -1.78. The quantitative estimate of drug-likeness (QED) is 0.0235. The van der Waals surface area contributed by atoms with Crippen LogP contribution in [0.2, 0.25) is 0 Å². The first kappa shape index (κ1) is 60.1. The molecule has 1 unspecified atom stereocenters. The van der Waals surface area contributed by atoms with Crippen molar-refractivity contribution in [3.63, 3.8) is 0 Å². The standard InChI is InChI=1S/C61H68N6O14S3/c1-6-21-77-23-24-78-22-20-64(37-61(3,4)83-82-25-19-55(84(73,74)75)60(72)81-67-56(68)17-18-57(67)69)45-30-42(35-79-52-33-49-48(26-38(52)2)59(71)66-46(34-62-49)28-41-12-8-10-14-51(41)66)63-43(31-45)36-80-54-29-39-15-16-44-27-40-11-7-9-13-50(40)65(44)58(70)47(39)32-53(54)76-5/h7-14,26,29-34,44,46,55H,6,15-25,27-28,35-37H2,1-5H3,(H,73,74,75)/t44-,46+,55?/m1/s1. The molecule has 23 heteroatoms. The van der Waals surface area contributed by atoms with Crippen molar-refractivity contribution in [2.45, 2.75) is 114 Å². The van der Waals surface area contributed by atoms with Crippen molar-refractivity contribution in [3.8, 4) is 17.2 Å². The number of carbonyl (C=O) groups excluding carboxylic acids is 5. The lowest BCUT2D eigenvalue weighted by atomic mass is 9.99. The van der Waals surface area contributed by atoms with E-state index in [9.17, 15) is 36.9 Å². The predicted octanol–water partition coefficient (Wildman–Crippen LogP) is 9.03. The fourth-order valence-electron chi connectivity index (χ4n) is 11.1. The van der Waals surface area contributed by atoms with Gasteiger partial charge in [0.1, 0.15) is 19.0 Å². The lowest BCUT2D eigenvalue weighted by molar-refractivity contribution is -0.197. The largest absolute Gasteiger partial charge is 0.493 e. The maximum absolute atomic E-state index is 14.3. The van der Waals surface area contributed by atoms with Gasteiger partial charge in [0, 0.05) is 90.4 Å². The Morgan fingerprint density at radius 3 is 2.13 bits per heavy atom. The summed E-state index contributed by atoms with van der Waals surface area (Å²) in [7, 11) is -0.720. The lowest BCUT2D eigenvalue weighted by Gasteiger charge is -2.34. The van der Waals surface area contributed by atoms with Crippen molar-refractivity contribution in [1.82, 2.24) is 10.0 Å². The molecule has 4 aromatic carbocycles. The number of rotatable bonds is 26. The number of amides is 4. The van der Waals surface area contributed by atoms with Crippen LogP contribution in [0.25, 0.3) is 0 Å². The summed E-state index contributed by atoms with van der Waals surface area (Å²) in [6, 6.07) is 26.9. The average molecular weight is 1210 g/mol. The van der Waals surface area contributed by atoms with Crippen LogP contribution >= 0.6 is 21.6 Å². The van der Waals surface area contributed by atoms with Crippen molar-refractivity contribution in [2.24, 2.45) is 4.99 Å². The van der Waals surface area contributed by atoms with Gasteiger partial charge in [0.05, 0.1) is 55.6 Å². The van der Waals surface area contributed by atoms with Gasteiger partial charge in [-0.15, -0.1) is 5.06 Å². The zero-order valence-electron chi connectivity index (χ0n) is 47.6. The van der Waals surface area contributed by atoms with Crippen LogP contribution in [-0.4, -0.2) is 133 Å². The van der Waals surface area contributed by atoms with Crippen molar-refractivity contribution in [3.05, 3.63) is 130 Å². The maximum Gasteiger partial charge on any atom is 0.353 e. The van der Waals surface area contributed by atoms with Gasteiger partial charge >= 0.3 is 5.97 Å². The van der Waals surface area contributed by atoms with E-state index < -0.39 is 37.9 Å². The molecule has 444 valence electrons. The second-order valence-electron chi connectivity index (χ2n) is 21.8.